The first-order chi connectivity index (χ1) is 9.53. The van der Waals surface area contributed by atoms with Crippen LogP contribution < -0.4 is 10.0 Å². The summed E-state index contributed by atoms with van der Waals surface area (Å²) in [7, 11) is -3.38. The minimum Gasteiger partial charge on any atom is -0.310 e. The Balaban J connectivity index is 2.07. The molecule has 1 aliphatic carbocycles. The molecule has 1 aromatic rings. The maximum absolute atomic E-state index is 12.3. The molecule has 5 heteroatoms. The van der Waals surface area contributed by atoms with Crippen molar-refractivity contribution in [3.8, 4) is 0 Å². The monoisotopic (exact) mass is 296 g/mol. The summed E-state index contributed by atoms with van der Waals surface area (Å²) in [6, 6.07) is 7.34. The molecule has 1 unspecified atom stereocenters. The SMILES string of the molecule is CCNC(C)c1cccc(S(=O)(=O)NCC2CCC2)c1. The van der Waals surface area contributed by atoms with E-state index in [1.807, 2.05) is 19.9 Å². The van der Waals surface area contributed by atoms with Crippen molar-refractivity contribution in [2.45, 2.75) is 44.0 Å². The Bertz CT molecular complexity index is 539. The third-order valence-electron chi connectivity index (χ3n) is 3.97. The molecule has 0 aliphatic heterocycles. The van der Waals surface area contributed by atoms with Crippen molar-refractivity contribution < 1.29 is 8.42 Å². The Morgan fingerprint density at radius 1 is 1.35 bits per heavy atom. The first-order valence-electron chi connectivity index (χ1n) is 7.36. The molecule has 0 spiro atoms. The molecule has 4 nitrogen and oxygen atoms in total. The van der Waals surface area contributed by atoms with E-state index in [0.717, 1.165) is 24.9 Å². The lowest BCUT2D eigenvalue weighted by molar-refractivity contribution is 0.316. The van der Waals surface area contributed by atoms with Gasteiger partial charge in [0.15, 0.2) is 0 Å². The summed E-state index contributed by atoms with van der Waals surface area (Å²) >= 11 is 0. The van der Waals surface area contributed by atoms with Crippen molar-refractivity contribution in [1.29, 1.82) is 0 Å². The predicted molar refractivity (Wildman–Crippen MR) is 81.1 cm³/mol. The molecule has 112 valence electrons. The third-order valence-corrected chi connectivity index (χ3v) is 5.39. The van der Waals surface area contributed by atoms with Gasteiger partial charge in [0.05, 0.1) is 4.90 Å². The van der Waals surface area contributed by atoms with Crippen molar-refractivity contribution >= 4 is 10.0 Å². The molecule has 1 atom stereocenters. The highest BCUT2D eigenvalue weighted by molar-refractivity contribution is 7.89. The van der Waals surface area contributed by atoms with E-state index >= 15 is 0 Å². The summed E-state index contributed by atoms with van der Waals surface area (Å²) in [5.74, 6) is 0.522. The van der Waals surface area contributed by atoms with Crippen LogP contribution in [0, 0.1) is 5.92 Å². The van der Waals surface area contributed by atoms with Crippen LogP contribution in [-0.2, 0) is 10.0 Å². The van der Waals surface area contributed by atoms with Crippen LogP contribution in [0.15, 0.2) is 29.2 Å². The van der Waals surface area contributed by atoms with Crippen LogP contribution in [0.25, 0.3) is 0 Å². The highest BCUT2D eigenvalue weighted by Crippen LogP contribution is 2.26. The second-order valence-electron chi connectivity index (χ2n) is 5.50. The minimum absolute atomic E-state index is 0.154. The standard InChI is InChI=1S/C15H24N2O2S/c1-3-16-12(2)14-8-5-9-15(10-14)20(18,19)17-11-13-6-4-7-13/h5,8-10,12-13,16-17H,3-4,6-7,11H2,1-2H3. The zero-order valence-corrected chi connectivity index (χ0v) is 13.0. The van der Waals surface area contributed by atoms with Crippen LogP contribution in [0.5, 0.6) is 0 Å². The summed E-state index contributed by atoms with van der Waals surface area (Å²) in [5.41, 5.74) is 0.998. The molecule has 2 rings (SSSR count). The third kappa shape index (κ3) is 3.81. The molecular formula is C15H24N2O2S. The maximum Gasteiger partial charge on any atom is 0.240 e. The van der Waals surface area contributed by atoms with Gasteiger partial charge in [0.25, 0.3) is 0 Å². The van der Waals surface area contributed by atoms with Crippen molar-refractivity contribution in [1.82, 2.24) is 10.0 Å². The van der Waals surface area contributed by atoms with E-state index in [9.17, 15) is 8.42 Å². The van der Waals surface area contributed by atoms with Gasteiger partial charge in [0.1, 0.15) is 0 Å². The topological polar surface area (TPSA) is 58.2 Å². The quantitative estimate of drug-likeness (QED) is 0.812. The second-order valence-corrected chi connectivity index (χ2v) is 7.27. The van der Waals surface area contributed by atoms with Crippen LogP contribution in [0.2, 0.25) is 0 Å². The number of hydrogen-bond acceptors (Lipinski definition) is 3. The van der Waals surface area contributed by atoms with Crippen molar-refractivity contribution in [3.63, 3.8) is 0 Å². The van der Waals surface area contributed by atoms with E-state index in [4.69, 9.17) is 0 Å². The van der Waals surface area contributed by atoms with E-state index in [2.05, 4.69) is 10.0 Å². The fourth-order valence-corrected chi connectivity index (χ4v) is 3.55. The normalized spacial score (nSPS) is 17.7. The summed E-state index contributed by atoms with van der Waals surface area (Å²) in [6.07, 6.45) is 3.50. The van der Waals surface area contributed by atoms with Gasteiger partial charge in [-0.3, -0.25) is 0 Å². The van der Waals surface area contributed by atoms with Gasteiger partial charge in [0, 0.05) is 12.6 Å². The fraction of sp³-hybridized carbons (Fsp3) is 0.600. The zero-order chi connectivity index (χ0) is 14.6. The molecule has 0 saturated heterocycles. The number of nitrogens with one attached hydrogen (secondary N) is 2. The summed E-state index contributed by atoms with van der Waals surface area (Å²) in [4.78, 5) is 0.360. The maximum atomic E-state index is 12.3. The van der Waals surface area contributed by atoms with Crippen LogP contribution in [0.3, 0.4) is 0 Å². The molecule has 1 fully saturated rings. The zero-order valence-electron chi connectivity index (χ0n) is 12.2. The van der Waals surface area contributed by atoms with Crippen molar-refractivity contribution in [3.05, 3.63) is 29.8 Å². The Morgan fingerprint density at radius 3 is 2.70 bits per heavy atom. The number of hydrogen-bond donors (Lipinski definition) is 2. The van der Waals surface area contributed by atoms with E-state index in [0.29, 0.717) is 17.4 Å². The van der Waals surface area contributed by atoms with Crippen LogP contribution in [0.4, 0.5) is 0 Å². The lowest BCUT2D eigenvalue weighted by Gasteiger charge is -2.25. The van der Waals surface area contributed by atoms with Gasteiger partial charge >= 0.3 is 0 Å². The minimum atomic E-state index is -3.38. The van der Waals surface area contributed by atoms with Gasteiger partial charge in [0.2, 0.25) is 10.0 Å². The first kappa shape index (κ1) is 15.5. The highest BCUT2D eigenvalue weighted by atomic mass is 32.2. The number of benzene rings is 1. The molecule has 1 saturated carbocycles. The Hall–Kier alpha value is -0.910. The van der Waals surface area contributed by atoms with E-state index in [1.165, 1.54) is 6.42 Å². The summed E-state index contributed by atoms with van der Waals surface area (Å²) in [6.45, 7) is 5.50. The average molecular weight is 296 g/mol. The fourth-order valence-electron chi connectivity index (χ4n) is 2.38. The lowest BCUT2D eigenvalue weighted by atomic mass is 9.86. The van der Waals surface area contributed by atoms with Gasteiger partial charge < -0.3 is 5.32 Å². The van der Waals surface area contributed by atoms with Gasteiger partial charge in [-0.25, -0.2) is 13.1 Å². The van der Waals surface area contributed by atoms with E-state index in [-0.39, 0.29) is 6.04 Å². The van der Waals surface area contributed by atoms with Gasteiger partial charge in [-0.1, -0.05) is 25.5 Å². The van der Waals surface area contributed by atoms with Gasteiger partial charge in [-0.05, 0) is 49.9 Å². The number of sulfonamides is 1. The highest BCUT2D eigenvalue weighted by Gasteiger charge is 2.21. The lowest BCUT2D eigenvalue weighted by Crippen LogP contribution is -2.32. The largest absolute Gasteiger partial charge is 0.310 e. The van der Waals surface area contributed by atoms with Crippen LogP contribution in [0.1, 0.15) is 44.7 Å². The van der Waals surface area contributed by atoms with Crippen LogP contribution >= 0.6 is 0 Å². The summed E-state index contributed by atoms with van der Waals surface area (Å²) in [5, 5.41) is 3.29. The molecule has 1 aromatic carbocycles. The molecule has 1 aliphatic rings. The molecule has 0 amide bonds. The smallest absolute Gasteiger partial charge is 0.240 e. The molecular weight excluding hydrogens is 272 g/mol. The molecule has 0 heterocycles. The molecule has 2 N–H and O–H groups in total. The summed E-state index contributed by atoms with van der Waals surface area (Å²) < 4.78 is 27.3. The molecule has 0 aromatic heterocycles. The van der Waals surface area contributed by atoms with Gasteiger partial charge in [-0.2, -0.15) is 0 Å². The Labute approximate surface area is 122 Å². The molecule has 20 heavy (non-hydrogen) atoms. The molecule has 0 radical (unpaired) electrons. The van der Waals surface area contributed by atoms with Crippen molar-refractivity contribution in [2.24, 2.45) is 5.92 Å². The van der Waals surface area contributed by atoms with Gasteiger partial charge in [-0.15, -0.1) is 0 Å². The number of rotatable bonds is 7. The van der Waals surface area contributed by atoms with Crippen LogP contribution in [-0.4, -0.2) is 21.5 Å². The van der Waals surface area contributed by atoms with E-state index < -0.39 is 10.0 Å². The Kier molecular flexibility index (Phi) is 5.18. The van der Waals surface area contributed by atoms with Crippen molar-refractivity contribution in [2.75, 3.05) is 13.1 Å². The molecule has 0 bridgehead atoms. The first-order valence-corrected chi connectivity index (χ1v) is 8.84. The second kappa shape index (κ2) is 6.70. The average Bonchev–Trinajstić information content (AvgIpc) is 2.37. The Morgan fingerprint density at radius 2 is 2.10 bits per heavy atom. The predicted octanol–water partition coefficient (Wildman–Crippen LogP) is 2.44. The van der Waals surface area contributed by atoms with E-state index in [1.54, 1.807) is 18.2 Å².